The molecule has 7 nitrogen and oxygen atoms in total. The molecular weight excluding hydrogens is 330 g/mol. The number of benzene rings is 1. The fourth-order valence-electron chi connectivity index (χ4n) is 2.42. The first-order valence-electron chi connectivity index (χ1n) is 8.03. The third kappa shape index (κ3) is 4.13. The van der Waals surface area contributed by atoms with Crippen LogP contribution in [0.3, 0.4) is 0 Å². The minimum Gasteiger partial charge on any atom is -0.496 e. The highest BCUT2D eigenvalue weighted by atomic mass is 16.5. The van der Waals surface area contributed by atoms with Gasteiger partial charge < -0.3 is 10.1 Å². The Labute approximate surface area is 151 Å². The summed E-state index contributed by atoms with van der Waals surface area (Å²) in [6.45, 7) is 3.84. The summed E-state index contributed by atoms with van der Waals surface area (Å²) < 4.78 is 5.27. The van der Waals surface area contributed by atoms with Crippen LogP contribution >= 0.6 is 0 Å². The molecule has 0 aliphatic carbocycles. The smallest absolute Gasteiger partial charge is 0.324 e. The van der Waals surface area contributed by atoms with E-state index in [1.54, 1.807) is 25.6 Å². The first-order chi connectivity index (χ1) is 12.5. The molecule has 0 atom stereocenters. The van der Waals surface area contributed by atoms with E-state index in [4.69, 9.17) is 4.74 Å². The summed E-state index contributed by atoms with van der Waals surface area (Å²) in [5.74, 6) is 1.16. The number of hydrogen-bond acceptors (Lipinski definition) is 5. The zero-order valence-corrected chi connectivity index (χ0v) is 14.8. The number of rotatable bonds is 4. The fourth-order valence-corrected chi connectivity index (χ4v) is 2.42. The zero-order valence-electron chi connectivity index (χ0n) is 14.8. The lowest BCUT2D eigenvalue weighted by Gasteiger charge is -2.09. The largest absolute Gasteiger partial charge is 0.496 e. The molecule has 0 fully saturated rings. The second kappa shape index (κ2) is 7.60. The molecule has 2 amide bonds. The molecule has 0 bridgehead atoms. The van der Waals surface area contributed by atoms with Crippen molar-refractivity contribution in [3.63, 3.8) is 0 Å². The molecule has 2 heterocycles. The number of urea groups is 1. The van der Waals surface area contributed by atoms with Crippen LogP contribution in [0.25, 0.3) is 11.3 Å². The van der Waals surface area contributed by atoms with Gasteiger partial charge in [-0.2, -0.15) is 0 Å². The van der Waals surface area contributed by atoms with Gasteiger partial charge in [-0.25, -0.2) is 9.78 Å². The Morgan fingerprint density at radius 2 is 1.88 bits per heavy atom. The molecule has 2 N–H and O–H groups in total. The summed E-state index contributed by atoms with van der Waals surface area (Å²) in [7, 11) is 1.63. The van der Waals surface area contributed by atoms with Crippen molar-refractivity contribution < 1.29 is 9.53 Å². The lowest BCUT2D eigenvalue weighted by molar-refractivity contribution is 0.262. The van der Waals surface area contributed by atoms with Crippen LogP contribution in [0.2, 0.25) is 0 Å². The highest BCUT2D eigenvalue weighted by Crippen LogP contribution is 2.25. The Morgan fingerprint density at radius 1 is 1.04 bits per heavy atom. The minimum absolute atomic E-state index is 0.355. The molecule has 3 rings (SSSR count). The van der Waals surface area contributed by atoms with Crippen LogP contribution in [0.1, 0.15) is 11.3 Å². The van der Waals surface area contributed by atoms with Crippen molar-refractivity contribution in [1.29, 1.82) is 0 Å². The molecule has 0 spiro atoms. The van der Waals surface area contributed by atoms with E-state index in [1.807, 2.05) is 38.1 Å². The number of hydrogen-bond donors (Lipinski definition) is 2. The molecule has 0 unspecified atom stereocenters. The SMILES string of the molecule is COc1ccc(-c2cncc(NC(=O)Nc3ccc(C)nc3)n2)cc1C. The number of nitrogens with one attached hydrogen (secondary N) is 2. The first kappa shape index (κ1) is 17.3. The maximum Gasteiger partial charge on any atom is 0.324 e. The number of anilines is 2. The third-order valence-corrected chi connectivity index (χ3v) is 3.74. The van der Waals surface area contributed by atoms with Crippen molar-refractivity contribution >= 4 is 17.5 Å². The van der Waals surface area contributed by atoms with Crippen molar-refractivity contribution in [2.75, 3.05) is 17.7 Å². The van der Waals surface area contributed by atoms with Gasteiger partial charge in [0.2, 0.25) is 0 Å². The van der Waals surface area contributed by atoms with Crippen molar-refractivity contribution in [2.45, 2.75) is 13.8 Å². The van der Waals surface area contributed by atoms with Crippen molar-refractivity contribution in [1.82, 2.24) is 15.0 Å². The Kier molecular flexibility index (Phi) is 5.07. The number of carbonyl (C=O) groups is 1. The van der Waals surface area contributed by atoms with Crippen molar-refractivity contribution in [3.8, 4) is 17.0 Å². The molecular formula is C19H19N5O2. The predicted octanol–water partition coefficient (Wildman–Crippen LogP) is 3.81. The number of aryl methyl sites for hydroxylation is 2. The molecule has 26 heavy (non-hydrogen) atoms. The van der Waals surface area contributed by atoms with Crippen LogP contribution in [0, 0.1) is 13.8 Å². The van der Waals surface area contributed by atoms with E-state index < -0.39 is 6.03 Å². The predicted molar refractivity (Wildman–Crippen MR) is 100 cm³/mol. The van der Waals surface area contributed by atoms with Crippen LogP contribution in [-0.2, 0) is 0 Å². The van der Waals surface area contributed by atoms with Gasteiger partial charge in [-0.05, 0) is 49.7 Å². The molecule has 7 heteroatoms. The highest BCUT2D eigenvalue weighted by molar-refractivity contribution is 5.99. The highest BCUT2D eigenvalue weighted by Gasteiger charge is 2.08. The maximum atomic E-state index is 12.1. The molecule has 0 aliphatic heterocycles. The van der Waals surface area contributed by atoms with E-state index in [9.17, 15) is 4.79 Å². The molecule has 2 aromatic heterocycles. The van der Waals surface area contributed by atoms with Crippen LogP contribution in [0.5, 0.6) is 5.75 Å². The van der Waals surface area contributed by atoms with Crippen LogP contribution < -0.4 is 15.4 Å². The lowest BCUT2D eigenvalue weighted by Crippen LogP contribution is -2.20. The molecule has 3 aromatic rings. The van der Waals surface area contributed by atoms with Crippen molar-refractivity contribution in [3.05, 3.63) is 60.2 Å². The quantitative estimate of drug-likeness (QED) is 0.748. The van der Waals surface area contributed by atoms with Gasteiger partial charge in [0.1, 0.15) is 5.75 Å². The summed E-state index contributed by atoms with van der Waals surface area (Å²) in [6.07, 6.45) is 4.73. The average Bonchev–Trinajstić information content (AvgIpc) is 2.64. The summed E-state index contributed by atoms with van der Waals surface area (Å²) in [5.41, 5.74) is 4.02. The number of ether oxygens (including phenoxy) is 1. The Hall–Kier alpha value is -3.48. The van der Waals surface area contributed by atoms with Gasteiger partial charge in [0.05, 0.1) is 37.1 Å². The van der Waals surface area contributed by atoms with Crippen molar-refractivity contribution in [2.24, 2.45) is 0 Å². The molecule has 0 aliphatic rings. The van der Waals surface area contributed by atoms with Gasteiger partial charge in [0, 0.05) is 11.3 Å². The summed E-state index contributed by atoms with van der Waals surface area (Å²) in [4.78, 5) is 24.9. The number of methoxy groups -OCH3 is 1. The molecule has 1 aromatic carbocycles. The summed E-state index contributed by atoms with van der Waals surface area (Å²) in [6, 6.07) is 8.94. The lowest BCUT2D eigenvalue weighted by atomic mass is 10.1. The van der Waals surface area contributed by atoms with Gasteiger partial charge >= 0.3 is 6.03 Å². The number of pyridine rings is 1. The number of amides is 2. The number of aromatic nitrogens is 3. The van der Waals surface area contributed by atoms with E-state index in [2.05, 4.69) is 25.6 Å². The zero-order chi connectivity index (χ0) is 18.5. The topological polar surface area (TPSA) is 89.0 Å². The van der Waals surface area contributed by atoms with Gasteiger partial charge in [-0.3, -0.25) is 15.3 Å². The van der Waals surface area contributed by atoms with E-state index in [-0.39, 0.29) is 0 Å². The minimum atomic E-state index is -0.409. The van der Waals surface area contributed by atoms with Crippen LogP contribution in [0.15, 0.2) is 48.9 Å². The monoisotopic (exact) mass is 349 g/mol. The van der Waals surface area contributed by atoms with Crippen LogP contribution in [0.4, 0.5) is 16.3 Å². The van der Waals surface area contributed by atoms with E-state index >= 15 is 0 Å². The van der Waals surface area contributed by atoms with E-state index in [0.29, 0.717) is 17.2 Å². The molecule has 0 saturated heterocycles. The normalized spacial score (nSPS) is 10.3. The van der Waals surface area contributed by atoms with E-state index in [1.165, 1.54) is 6.20 Å². The first-order valence-corrected chi connectivity index (χ1v) is 8.03. The standard InChI is InChI=1S/C19H19N5O2/c1-12-8-14(5-7-17(12)26-3)16-10-20-11-18(23-16)24-19(25)22-15-6-4-13(2)21-9-15/h4-11H,1-3H3,(H2,22,23,24,25). The number of nitrogens with zero attached hydrogens (tertiary/aromatic N) is 3. The second-order valence-corrected chi connectivity index (χ2v) is 5.74. The third-order valence-electron chi connectivity index (χ3n) is 3.74. The Bertz CT molecular complexity index is 925. The molecule has 0 radical (unpaired) electrons. The molecule has 132 valence electrons. The fraction of sp³-hybridized carbons (Fsp3) is 0.158. The van der Waals surface area contributed by atoms with Gasteiger partial charge in [-0.1, -0.05) is 0 Å². The number of carbonyl (C=O) groups excluding carboxylic acids is 1. The van der Waals surface area contributed by atoms with Gasteiger partial charge in [-0.15, -0.1) is 0 Å². The maximum absolute atomic E-state index is 12.1. The Morgan fingerprint density at radius 3 is 2.58 bits per heavy atom. The van der Waals surface area contributed by atoms with Gasteiger partial charge in [0.25, 0.3) is 0 Å². The van der Waals surface area contributed by atoms with Gasteiger partial charge in [0.15, 0.2) is 5.82 Å². The average molecular weight is 349 g/mol. The summed E-state index contributed by atoms with van der Waals surface area (Å²) >= 11 is 0. The van der Waals surface area contributed by atoms with Crippen LogP contribution in [-0.4, -0.2) is 28.1 Å². The second-order valence-electron chi connectivity index (χ2n) is 5.74. The van der Waals surface area contributed by atoms with E-state index in [0.717, 1.165) is 22.6 Å². The Balaban J connectivity index is 1.73. The molecule has 0 saturated carbocycles. The summed E-state index contributed by atoms with van der Waals surface area (Å²) in [5, 5.41) is 5.38.